The second kappa shape index (κ2) is 30.9. The number of aromatic nitrogens is 3. The zero-order valence-electron chi connectivity index (χ0n) is 46.9. The molecular formula is C58H75N13O13. The van der Waals surface area contributed by atoms with Crippen LogP contribution < -0.4 is 48.7 Å². The van der Waals surface area contributed by atoms with E-state index in [2.05, 4.69) is 52.2 Å². The molecule has 0 radical (unpaired) electrons. The van der Waals surface area contributed by atoms with E-state index in [4.69, 9.17) is 11.5 Å². The maximum Gasteiger partial charge on any atom is 0.328 e. The molecule has 1 aliphatic heterocycles. The Labute approximate surface area is 484 Å². The van der Waals surface area contributed by atoms with Crippen LogP contribution in [0.15, 0.2) is 104 Å². The number of primary amides is 1. The van der Waals surface area contributed by atoms with Crippen molar-refractivity contribution in [3.05, 3.63) is 126 Å². The number of nitrogens with two attached hydrogens (primary N) is 2. The number of aliphatic carboxylic acids is 1. The topological polar surface area (TPSA) is 415 Å². The third kappa shape index (κ3) is 18.5. The van der Waals surface area contributed by atoms with Gasteiger partial charge in [0.25, 0.3) is 0 Å². The fourth-order valence-corrected chi connectivity index (χ4v) is 9.77. The molecule has 16 N–H and O–H groups in total. The second-order valence-corrected chi connectivity index (χ2v) is 21.3. The van der Waals surface area contributed by atoms with Crippen LogP contribution in [0, 0.1) is 5.92 Å². The average molecular weight is 1160 g/mol. The zero-order valence-corrected chi connectivity index (χ0v) is 46.9. The molecule has 10 atom stereocenters. The van der Waals surface area contributed by atoms with E-state index in [1.165, 1.54) is 24.3 Å². The van der Waals surface area contributed by atoms with Crippen molar-refractivity contribution in [1.82, 2.24) is 57.1 Å². The van der Waals surface area contributed by atoms with Gasteiger partial charge in [0.05, 0.1) is 25.1 Å². The van der Waals surface area contributed by atoms with Gasteiger partial charge in [-0.3, -0.25) is 43.2 Å². The number of rotatable bonds is 31. The molecule has 5 aromatic rings. The lowest BCUT2D eigenvalue weighted by atomic mass is 10.0. The van der Waals surface area contributed by atoms with Crippen molar-refractivity contribution in [2.75, 3.05) is 13.2 Å². The van der Waals surface area contributed by atoms with Crippen molar-refractivity contribution in [3.8, 4) is 0 Å². The van der Waals surface area contributed by atoms with E-state index in [9.17, 15) is 63.3 Å². The Hall–Kier alpha value is -9.01. The minimum atomic E-state index is -1.71. The molecule has 1 saturated heterocycles. The molecule has 0 unspecified atom stereocenters. The molecule has 9 amide bonds. The minimum Gasteiger partial charge on any atom is -0.480 e. The quantitative estimate of drug-likeness (QED) is 0.0244. The van der Waals surface area contributed by atoms with Gasteiger partial charge >= 0.3 is 5.97 Å². The molecule has 1 fully saturated rings. The first kappa shape index (κ1) is 64.2. The van der Waals surface area contributed by atoms with Gasteiger partial charge in [-0.05, 0) is 61.3 Å². The van der Waals surface area contributed by atoms with E-state index in [0.717, 1.165) is 0 Å². The fourth-order valence-electron chi connectivity index (χ4n) is 9.77. The molecular weight excluding hydrogens is 1090 g/mol. The molecule has 0 aliphatic carbocycles. The van der Waals surface area contributed by atoms with Crippen molar-refractivity contribution >= 4 is 70.0 Å². The van der Waals surface area contributed by atoms with Crippen molar-refractivity contribution < 1.29 is 63.3 Å². The van der Waals surface area contributed by atoms with Gasteiger partial charge in [0.1, 0.15) is 42.3 Å². The number of aliphatic hydroxyl groups is 2. The largest absolute Gasteiger partial charge is 0.480 e. The van der Waals surface area contributed by atoms with E-state index in [0.29, 0.717) is 39.7 Å². The van der Waals surface area contributed by atoms with Crippen LogP contribution in [0.5, 0.6) is 0 Å². The minimum absolute atomic E-state index is 0.0404. The van der Waals surface area contributed by atoms with Crippen molar-refractivity contribution in [2.45, 2.75) is 139 Å². The Morgan fingerprint density at radius 1 is 0.655 bits per heavy atom. The van der Waals surface area contributed by atoms with E-state index in [1.54, 1.807) is 105 Å². The Morgan fingerprint density at radius 3 is 1.74 bits per heavy atom. The number of benzene rings is 3. The van der Waals surface area contributed by atoms with E-state index >= 15 is 0 Å². The van der Waals surface area contributed by atoms with Crippen LogP contribution in [0.2, 0.25) is 0 Å². The lowest BCUT2D eigenvalue weighted by Gasteiger charge is -2.31. The number of para-hydroxylation sites is 1. The number of carbonyl (C=O) groups excluding carboxylic acids is 9. The highest BCUT2D eigenvalue weighted by Gasteiger charge is 2.41. The number of aliphatic hydroxyl groups excluding tert-OH is 2. The summed E-state index contributed by atoms with van der Waals surface area (Å²) in [6, 6.07) is 11.7. The lowest BCUT2D eigenvalue weighted by Crippen LogP contribution is -2.61. The van der Waals surface area contributed by atoms with Crippen LogP contribution in [-0.4, -0.2) is 168 Å². The van der Waals surface area contributed by atoms with Gasteiger partial charge in [0.2, 0.25) is 53.2 Å². The highest BCUT2D eigenvalue weighted by atomic mass is 16.4. The highest BCUT2D eigenvalue weighted by molar-refractivity contribution is 5.99. The van der Waals surface area contributed by atoms with E-state index in [-0.39, 0.29) is 63.8 Å². The third-order valence-corrected chi connectivity index (χ3v) is 14.2. The third-order valence-electron chi connectivity index (χ3n) is 14.2. The van der Waals surface area contributed by atoms with E-state index in [1.807, 2.05) is 0 Å². The number of carboxylic acids is 1. The summed E-state index contributed by atoms with van der Waals surface area (Å²) in [7, 11) is 0. The number of H-pyrrole nitrogens is 2. The summed E-state index contributed by atoms with van der Waals surface area (Å²) in [6.45, 7) is 3.88. The van der Waals surface area contributed by atoms with Gasteiger partial charge in [0, 0.05) is 67.6 Å². The Kier molecular flexibility index (Phi) is 23.6. The molecule has 0 saturated carbocycles. The van der Waals surface area contributed by atoms with Gasteiger partial charge in [-0.25, -0.2) is 9.78 Å². The Balaban J connectivity index is 1.22. The number of imidazole rings is 1. The Morgan fingerprint density at radius 2 is 1.18 bits per heavy atom. The number of fused-ring (bicyclic) bond motifs is 1. The molecule has 450 valence electrons. The number of carbonyl (C=O) groups is 10. The average Bonchev–Trinajstić information content (AvgIpc) is 4.47. The zero-order chi connectivity index (χ0) is 61.0. The van der Waals surface area contributed by atoms with Gasteiger partial charge < -0.3 is 78.9 Å². The van der Waals surface area contributed by atoms with E-state index < -0.39 is 126 Å². The number of likely N-dealkylation sites (tertiary alicyclic amines) is 1. The number of hydrogen-bond donors (Lipinski definition) is 14. The predicted molar refractivity (Wildman–Crippen MR) is 305 cm³/mol. The van der Waals surface area contributed by atoms with Crippen LogP contribution in [-0.2, 0) is 73.6 Å². The maximum absolute atomic E-state index is 14.8. The molecule has 26 heteroatoms. The summed E-state index contributed by atoms with van der Waals surface area (Å²) < 4.78 is 0. The van der Waals surface area contributed by atoms with Crippen molar-refractivity contribution in [3.63, 3.8) is 0 Å². The first-order chi connectivity index (χ1) is 40.1. The molecule has 1 aliphatic rings. The smallest absolute Gasteiger partial charge is 0.328 e. The number of aromatic amines is 2. The molecule has 3 heterocycles. The summed E-state index contributed by atoms with van der Waals surface area (Å²) in [5.74, 6) is -9.09. The van der Waals surface area contributed by atoms with Gasteiger partial charge in [-0.2, -0.15) is 0 Å². The SMILES string of the molecule is CC(C)C[C@H](NC(=O)[C@H](CO)NC(=O)[C@H](Cc1c[nH]c2ccccc12)NC(=O)[C@H](Cc1ccccc1)NC(=O)[C@H](Cc1cnc[nH]1)NC(=O)[C@@H](N)CCC(N)=O)C(=O)N1CCC[C@H]1C(=O)N[C@@H](Cc1ccccc1)C(=O)N[C@H](C(=O)O)[C@@H](C)O. The first-order valence-corrected chi connectivity index (χ1v) is 27.7. The predicted octanol–water partition coefficient (Wildman–Crippen LogP) is -1.36. The molecule has 0 bridgehead atoms. The van der Waals surface area contributed by atoms with Gasteiger partial charge in [0.15, 0.2) is 6.04 Å². The lowest BCUT2D eigenvalue weighted by molar-refractivity contribution is -0.145. The Bertz CT molecular complexity index is 3070. The second-order valence-electron chi connectivity index (χ2n) is 21.3. The summed E-state index contributed by atoms with van der Waals surface area (Å²) in [4.78, 5) is 148. The fraction of sp³-hybridized carbons (Fsp3) is 0.431. The molecule has 2 aromatic heterocycles. The van der Waals surface area contributed by atoms with Gasteiger partial charge in [-0.15, -0.1) is 0 Å². The number of carboxylic acid groups (broad SMARTS) is 1. The molecule has 0 spiro atoms. The normalized spacial score (nSPS) is 16.3. The number of nitrogens with one attached hydrogen (secondary N) is 9. The summed E-state index contributed by atoms with van der Waals surface area (Å²) in [6.07, 6.45) is 2.72. The number of hydrogen-bond acceptors (Lipinski definition) is 14. The van der Waals surface area contributed by atoms with Crippen LogP contribution in [0.3, 0.4) is 0 Å². The molecule has 26 nitrogen and oxygen atoms in total. The summed E-state index contributed by atoms with van der Waals surface area (Å²) in [5, 5.41) is 49.5. The molecule has 84 heavy (non-hydrogen) atoms. The van der Waals surface area contributed by atoms with Crippen molar-refractivity contribution in [2.24, 2.45) is 17.4 Å². The first-order valence-electron chi connectivity index (χ1n) is 27.7. The van der Waals surface area contributed by atoms with Crippen LogP contribution in [0.25, 0.3) is 10.9 Å². The number of amides is 9. The van der Waals surface area contributed by atoms with Gasteiger partial charge in [-0.1, -0.05) is 92.7 Å². The molecule has 3 aromatic carbocycles. The number of nitrogens with zero attached hydrogens (tertiary/aromatic N) is 2. The molecule has 6 rings (SSSR count). The summed E-state index contributed by atoms with van der Waals surface area (Å²) in [5.41, 5.74) is 14.3. The van der Waals surface area contributed by atoms with Crippen LogP contribution in [0.4, 0.5) is 0 Å². The highest BCUT2D eigenvalue weighted by Crippen LogP contribution is 2.23. The maximum atomic E-state index is 14.8. The van der Waals surface area contributed by atoms with Crippen LogP contribution in [0.1, 0.15) is 75.3 Å². The van der Waals surface area contributed by atoms with Crippen molar-refractivity contribution in [1.29, 1.82) is 0 Å². The van der Waals surface area contributed by atoms with Crippen LogP contribution >= 0.6 is 0 Å². The monoisotopic (exact) mass is 1160 g/mol. The summed E-state index contributed by atoms with van der Waals surface area (Å²) >= 11 is 0. The standard InChI is InChI=1S/C58H75N13O13/c1-32(2)23-45(57(82)71-22-12-19-47(71)56(81)67-42(25-35-15-8-5-9-16-35)54(79)70-49(33(3)73)58(83)84)68-55(80)46(30-72)69-52(77)43(26-36-28-62-40-18-11-10-17-38(36)40)66-51(76)41(24-34-13-6-4-7-14-34)65-53(78)44(27-37-29-61-31-63-37)64-50(75)39(59)20-21-48(60)74/h4-11,13-18,28-29,31-33,39,41-47,49,62,72-73H,12,19-27,30,59H2,1-3H3,(H2,60,74)(H,61,63)(H,64,75)(H,65,78)(H,66,76)(H,67,81)(H,68,80)(H,69,77)(H,70,79)(H,83,84)/t33-,39+,41+,42+,43+,44+,45+,46+,47+,49+/m1/s1.